The van der Waals surface area contributed by atoms with E-state index in [0.29, 0.717) is 5.69 Å². The Morgan fingerprint density at radius 2 is 2.56 bits per heavy atom. The minimum absolute atomic E-state index is 0.681. The molecule has 9 heavy (non-hydrogen) atoms. The minimum atomic E-state index is 0.681. The molecule has 4 heteroatoms. The minimum Gasteiger partial charge on any atom is -0.394 e. The van der Waals surface area contributed by atoms with Gasteiger partial charge in [-0.15, -0.1) is 0 Å². The molecule has 0 fully saturated rings. The van der Waals surface area contributed by atoms with Gasteiger partial charge in [-0.3, -0.25) is 5.10 Å². The van der Waals surface area contributed by atoms with E-state index >= 15 is 0 Å². The third-order valence-electron chi connectivity index (χ3n) is 1.26. The Kier molecular flexibility index (Phi) is 0.631. The van der Waals surface area contributed by atoms with Crippen LogP contribution in [0.3, 0.4) is 0 Å². The molecule has 0 amide bonds. The standard InChI is InChI=1S/C5H6N4/c6-4-3-8-9-2-1-7-5(4)9/h1-3,8H,6H2. The molecule has 4 nitrogen and oxygen atoms in total. The van der Waals surface area contributed by atoms with Crippen LogP contribution in [-0.4, -0.2) is 14.6 Å². The molecular weight excluding hydrogens is 116 g/mol. The molecule has 0 saturated carbocycles. The highest BCUT2D eigenvalue weighted by Gasteiger charge is 1.96. The van der Waals surface area contributed by atoms with Crippen molar-refractivity contribution < 1.29 is 0 Å². The van der Waals surface area contributed by atoms with Gasteiger partial charge >= 0.3 is 0 Å². The molecule has 2 heterocycles. The molecule has 0 aliphatic heterocycles. The number of hydrogen-bond acceptors (Lipinski definition) is 2. The fourth-order valence-electron chi connectivity index (χ4n) is 0.825. The van der Waals surface area contributed by atoms with E-state index < -0.39 is 0 Å². The van der Waals surface area contributed by atoms with Crippen molar-refractivity contribution in [2.45, 2.75) is 0 Å². The number of nitrogens with two attached hydrogens (primary N) is 1. The molecule has 0 radical (unpaired) electrons. The zero-order valence-electron chi connectivity index (χ0n) is 4.70. The summed E-state index contributed by atoms with van der Waals surface area (Å²) in [6, 6.07) is 0. The van der Waals surface area contributed by atoms with Crippen LogP contribution in [0.1, 0.15) is 0 Å². The molecule has 3 N–H and O–H groups in total. The molecule has 46 valence electrons. The van der Waals surface area contributed by atoms with Gasteiger partial charge in [-0.1, -0.05) is 0 Å². The number of imidazole rings is 1. The largest absolute Gasteiger partial charge is 0.394 e. The van der Waals surface area contributed by atoms with Gasteiger partial charge in [0.15, 0.2) is 5.65 Å². The molecule has 0 aliphatic carbocycles. The van der Waals surface area contributed by atoms with E-state index in [1.807, 2.05) is 6.20 Å². The van der Waals surface area contributed by atoms with Gasteiger partial charge in [0.2, 0.25) is 0 Å². The maximum absolute atomic E-state index is 5.51. The fourth-order valence-corrected chi connectivity index (χ4v) is 0.825. The SMILES string of the molecule is Nc1c[nH]n2ccnc12. The van der Waals surface area contributed by atoms with Crippen LogP contribution in [0.25, 0.3) is 5.65 Å². The lowest BCUT2D eigenvalue weighted by Gasteiger charge is -1.78. The van der Waals surface area contributed by atoms with Crippen molar-refractivity contribution in [2.24, 2.45) is 0 Å². The summed E-state index contributed by atoms with van der Waals surface area (Å²) >= 11 is 0. The van der Waals surface area contributed by atoms with E-state index in [-0.39, 0.29) is 0 Å². The highest BCUT2D eigenvalue weighted by molar-refractivity contribution is 5.62. The lowest BCUT2D eigenvalue weighted by molar-refractivity contribution is 0.973. The number of aromatic nitrogens is 3. The van der Waals surface area contributed by atoms with Crippen LogP contribution >= 0.6 is 0 Å². The first kappa shape index (κ1) is 4.43. The van der Waals surface area contributed by atoms with Crippen molar-refractivity contribution in [1.82, 2.24) is 14.6 Å². The molecule has 0 unspecified atom stereocenters. The van der Waals surface area contributed by atoms with Gasteiger partial charge in [0.25, 0.3) is 0 Å². The van der Waals surface area contributed by atoms with Crippen LogP contribution in [0.2, 0.25) is 0 Å². The second kappa shape index (κ2) is 1.28. The summed E-state index contributed by atoms with van der Waals surface area (Å²) in [7, 11) is 0. The number of nitrogens with one attached hydrogen (secondary N) is 1. The van der Waals surface area contributed by atoms with Gasteiger partial charge < -0.3 is 5.73 Å². The number of hydrogen-bond donors (Lipinski definition) is 2. The van der Waals surface area contributed by atoms with Crippen molar-refractivity contribution in [3.8, 4) is 0 Å². The predicted molar refractivity (Wildman–Crippen MR) is 34.0 cm³/mol. The molecular formula is C5H6N4. The molecule has 2 aromatic rings. The van der Waals surface area contributed by atoms with Crippen LogP contribution < -0.4 is 5.73 Å². The van der Waals surface area contributed by atoms with Crippen molar-refractivity contribution in [3.63, 3.8) is 0 Å². The number of rotatable bonds is 0. The van der Waals surface area contributed by atoms with Crippen LogP contribution in [-0.2, 0) is 0 Å². The Balaban J connectivity index is 2.99. The summed E-state index contributed by atoms with van der Waals surface area (Å²) in [6.07, 6.45) is 5.22. The maximum atomic E-state index is 5.51. The monoisotopic (exact) mass is 122 g/mol. The Bertz CT molecular complexity index is 318. The first-order valence-electron chi connectivity index (χ1n) is 2.64. The second-order valence-electron chi connectivity index (χ2n) is 1.85. The molecule has 2 rings (SSSR count). The summed E-state index contributed by atoms with van der Waals surface area (Å²) < 4.78 is 1.76. The second-order valence-corrected chi connectivity index (χ2v) is 1.85. The van der Waals surface area contributed by atoms with Crippen LogP contribution in [0.15, 0.2) is 18.6 Å². The van der Waals surface area contributed by atoms with Crippen molar-refractivity contribution in [3.05, 3.63) is 18.6 Å². The van der Waals surface area contributed by atoms with Gasteiger partial charge in [0.05, 0.1) is 5.69 Å². The molecule has 2 aromatic heterocycles. The quantitative estimate of drug-likeness (QED) is 0.526. The van der Waals surface area contributed by atoms with Crippen molar-refractivity contribution >= 4 is 11.3 Å². The number of anilines is 1. The number of nitrogens with zero attached hydrogens (tertiary/aromatic N) is 2. The number of fused-ring (bicyclic) bond motifs is 1. The Labute approximate surface area is 51.3 Å². The topological polar surface area (TPSA) is 59.1 Å². The van der Waals surface area contributed by atoms with Gasteiger partial charge in [-0.2, -0.15) is 0 Å². The molecule has 0 saturated heterocycles. The van der Waals surface area contributed by atoms with Crippen molar-refractivity contribution in [1.29, 1.82) is 0 Å². The highest BCUT2D eigenvalue weighted by Crippen LogP contribution is 2.07. The Hall–Kier alpha value is -1.45. The van der Waals surface area contributed by atoms with Gasteiger partial charge in [-0.25, -0.2) is 9.50 Å². The van der Waals surface area contributed by atoms with E-state index in [4.69, 9.17) is 5.73 Å². The summed E-state index contributed by atoms with van der Waals surface area (Å²) in [4.78, 5) is 3.98. The molecule has 0 aromatic carbocycles. The summed E-state index contributed by atoms with van der Waals surface area (Å²) in [5.41, 5.74) is 6.97. The maximum Gasteiger partial charge on any atom is 0.176 e. The van der Waals surface area contributed by atoms with E-state index in [9.17, 15) is 0 Å². The molecule has 0 atom stereocenters. The third kappa shape index (κ3) is 0.440. The van der Waals surface area contributed by atoms with Crippen LogP contribution in [0.4, 0.5) is 5.69 Å². The van der Waals surface area contributed by atoms with Gasteiger partial charge in [0, 0.05) is 18.6 Å². The van der Waals surface area contributed by atoms with Gasteiger partial charge in [-0.05, 0) is 0 Å². The van der Waals surface area contributed by atoms with E-state index in [1.54, 1.807) is 16.9 Å². The number of aromatic amines is 1. The van der Waals surface area contributed by atoms with Gasteiger partial charge in [0.1, 0.15) is 0 Å². The Morgan fingerprint density at radius 3 is 3.33 bits per heavy atom. The normalized spacial score (nSPS) is 10.7. The molecule has 0 spiro atoms. The first-order chi connectivity index (χ1) is 4.38. The molecule has 0 bridgehead atoms. The van der Waals surface area contributed by atoms with Crippen LogP contribution in [0.5, 0.6) is 0 Å². The van der Waals surface area contributed by atoms with E-state index in [0.717, 1.165) is 5.65 Å². The first-order valence-corrected chi connectivity index (χ1v) is 2.64. The fraction of sp³-hybridized carbons (Fsp3) is 0. The smallest absolute Gasteiger partial charge is 0.176 e. The summed E-state index contributed by atoms with van der Waals surface area (Å²) in [6.45, 7) is 0. The highest BCUT2D eigenvalue weighted by atomic mass is 15.3. The number of H-pyrrole nitrogens is 1. The predicted octanol–water partition coefficient (Wildman–Crippen LogP) is 0.245. The summed E-state index contributed by atoms with van der Waals surface area (Å²) in [5, 5.41) is 2.90. The lowest BCUT2D eigenvalue weighted by Crippen LogP contribution is -1.81. The third-order valence-corrected chi connectivity index (χ3v) is 1.26. The lowest BCUT2D eigenvalue weighted by atomic mass is 10.6. The summed E-state index contributed by atoms with van der Waals surface area (Å²) in [5.74, 6) is 0. The van der Waals surface area contributed by atoms with E-state index in [1.165, 1.54) is 0 Å². The zero-order valence-corrected chi connectivity index (χ0v) is 4.70. The average molecular weight is 122 g/mol. The van der Waals surface area contributed by atoms with Crippen LogP contribution in [0, 0.1) is 0 Å². The van der Waals surface area contributed by atoms with Crippen molar-refractivity contribution in [2.75, 3.05) is 5.73 Å². The number of nitrogen functional groups attached to an aromatic ring is 1. The Morgan fingerprint density at radius 1 is 1.67 bits per heavy atom. The van der Waals surface area contributed by atoms with E-state index in [2.05, 4.69) is 10.1 Å². The zero-order chi connectivity index (χ0) is 6.27. The average Bonchev–Trinajstić information content (AvgIpc) is 2.35. The molecule has 0 aliphatic rings.